The van der Waals surface area contributed by atoms with Crippen molar-refractivity contribution in [2.24, 2.45) is 0 Å². The first-order valence-electron chi connectivity index (χ1n) is 4.70. The van der Waals surface area contributed by atoms with E-state index in [2.05, 4.69) is 0 Å². The van der Waals surface area contributed by atoms with Crippen molar-refractivity contribution < 1.29 is 15.7 Å². The summed E-state index contributed by atoms with van der Waals surface area (Å²) >= 11 is -3.54. The van der Waals surface area contributed by atoms with Gasteiger partial charge in [-0.05, 0) is 0 Å². The molecule has 0 amide bonds. The van der Waals surface area contributed by atoms with Crippen LogP contribution in [0.2, 0.25) is 8.87 Å². The normalized spacial score (nSPS) is 11.9. The van der Waals surface area contributed by atoms with Gasteiger partial charge in [0.15, 0.2) is 0 Å². The molecule has 5 heteroatoms. The van der Waals surface area contributed by atoms with Crippen molar-refractivity contribution in [2.45, 2.75) is 22.7 Å². The van der Waals surface area contributed by atoms with Gasteiger partial charge in [0.1, 0.15) is 0 Å². The van der Waals surface area contributed by atoms with Gasteiger partial charge < -0.3 is 0 Å². The van der Waals surface area contributed by atoms with Crippen LogP contribution in [0, 0.1) is 0 Å². The third kappa shape index (κ3) is 5.61. The Morgan fingerprint density at radius 1 is 0.933 bits per heavy atom. The summed E-state index contributed by atoms with van der Waals surface area (Å²) in [6.07, 6.45) is 7.44. The van der Waals surface area contributed by atoms with Crippen molar-refractivity contribution in [3.63, 3.8) is 0 Å². The van der Waals surface area contributed by atoms with Crippen LogP contribution in [0.1, 0.15) is 13.8 Å². The van der Waals surface area contributed by atoms with Crippen LogP contribution >= 0.6 is 0 Å². The topological polar surface area (TPSA) is 52.6 Å². The fourth-order valence-electron chi connectivity index (χ4n) is 1.07. The third-order valence-electron chi connectivity index (χ3n) is 1.85. The summed E-state index contributed by atoms with van der Waals surface area (Å²) in [5, 5.41) is 0. The van der Waals surface area contributed by atoms with Crippen molar-refractivity contribution in [1.82, 2.24) is 0 Å². The van der Waals surface area contributed by atoms with E-state index in [4.69, 9.17) is 6.15 Å². The zero-order valence-corrected chi connectivity index (χ0v) is 11.9. The van der Waals surface area contributed by atoms with E-state index >= 15 is 0 Å². The molecule has 0 bridgehead atoms. The average Bonchev–Trinajstić information content (AvgIpc) is 2.24. The Balaban J connectivity index is 4.67. The van der Waals surface area contributed by atoms with Crippen LogP contribution in [0.25, 0.3) is 0 Å². The molecule has 84 valence electrons. The zero-order valence-electron chi connectivity index (χ0n) is 9.01. The summed E-state index contributed by atoms with van der Waals surface area (Å²) in [4.78, 5) is 20.8. The van der Waals surface area contributed by atoms with E-state index in [9.17, 15) is 9.59 Å². The van der Waals surface area contributed by atoms with Crippen LogP contribution < -0.4 is 0 Å². The van der Waals surface area contributed by atoms with E-state index in [0.717, 1.165) is 0 Å². The first-order chi connectivity index (χ1) is 7.24. The first kappa shape index (κ1) is 14.2. The molecule has 0 N–H and O–H groups in total. The third-order valence-corrected chi connectivity index (χ3v) is 9.75. The molecular weight excluding hydrogens is 303 g/mol. The first-order valence-corrected chi connectivity index (χ1v) is 11.1. The number of rotatable bonds is 8. The van der Waals surface area contributed by atoms with Gasteiger partial charge in [-0.3, -0.25) is 0 Å². The SMILES string of the molecule is CC=C[CH2][Sn]([CH2]C=CC)([O]C=O)[O]C=O. The minimum absolute atomic E-state index is 0.382. The molecule has 0 unspecified atom stereocenters. The van der Waals surface area contributed by atoms with Gasteiger partial charge in [-0.15, -0.1) is 0 Å². The molecule has 0 aromatic rings. The molecular formula is C10H16O4Sn. The Kier molecular flexibility index (Phi) is 8.08. The molecule has 0 fully saturated rings. The minimum atomic E-state index is -3.54. The molecule has 0 radical (unpaired) electrons. The second kappa shape index (κ2) is 8.52. The van der Waals surface area contributed by atoms with Crippen molar-refractivity contribution in [3.8, 4) is 0 Å². The van der Waals surface area contributed by atoms with Crippen LogP contribution in [0.3, 0.4) is 0 Å². The van der Waals surface area contributed by atoms with Gasteiger partial charge in [0.05, 0.1) is 0 Å². The second-order valence-corrected chi connectivity index (χ2v) is 11.8. The fourth-order valence-corrected chi connectivity index (χ4v) is 7.20. The molecule has 4 nitrogen and oxygen atoms in total. The summed E-state index contributed by atoms with van der Waals surface area (Å²) < 4.78 is 11.2. The van der Waals surface area contributed by atoms with E-state index in [0.29, 0.717) is 21.8 Å². The van der Waals surface area contributed by atoms with Crippen LogP contribution in [-0.2, 0) is 15.7 Å². The van der Waals surface area contributed by atoms with Gasteiger partial charge in [-0.1, -0.05) is 0 Å². The Hall–Kier alpha value is -0.781. The number of carbonyl (C=O) groups is 2. The quantitative estimate of drug-likeness (QED) is 0.390. The number of allylic oxidation sites excluding steroid dienone is 4. The molecule has 0 heterocycles. The predicted molar refractivity (Wildman–Crippen MR) is 59.3 cm³/mol. The van der Waals surface area contributed by atoms with Crippen LogP contribution in [0.5, 0.6) is 0 Å². The second-order valence-electron chi connectivity index (χ2n) is 2.89. The van der Waals surface area contributed by atoms with Gasteiger partial charge in [0.2, 0.25) is 0 Å². The van der Waals surface area contributed by atoms with Gasteiger partial charge in [0, 0.05) is 0 Å². The molecule has 0 saturated carbocycles. The molecule has 0 aliphatic heterocycles. The summed E-state index contributed by atoms with van der Waals surface area (Å²) in [5.74, 6) is 0. The van der Waals surface area contributed by atoms with Gasteiger partial charge >= 0.3 is 94.9 Å². The standard InChI is InChI=1S/2C4H7.2CH2O2.Sn/c2*1-3-4-2;2*2-1-3;/h2*3-4H,1H2,2H3;2*1H,(H,2,3);/q;;;;+2/p-2. The summed E-state index contributed by atoms with van der Waals surface area (Å²) in [5.41, 5.74) is 0. The number of hydrogen-bond acceptors (Lipinski definition) is 4. The maximum atomic E-state index is 10.4. The Morgan fingerprint density at radius 3 is 1.60 bits per heavy atom. The average molecular weight is 319 g/mol. The molecule has 0 aromatic carbocycles. The summed E-state index contributed by atoms with van der Waals surface area (Å²) in [6.45, 7) is 4.50. The molecule has 15 heavy (non-hydrogen) atoms. The Morgan fingerprint density at radius 2 is 1.33 bits per heavy atom. The molecule has 0 aromatic heterocycles. The molecule has 0 spiro atoms. The molecule has 0 saturated heterocycles. The van der Waals surface area contributed by atoms with Crippen molar-refractivity contribution >= 4 is 32.1 Å². The van der Waals surface area contributed by atoms with Gasteiger partial charge in [-0.2, -0.15) is 0 Å². The number of hydrogen-bond donors (Lipinski definition) is 0. The van der Waals surface area contributed by atoms with Gasteiger partial charge in [-0.25, -0.2) is 0 Å². The van der Waals surface area contributed by atoms with Crippen LogP contribution in [0.4, 0.5) is 0 Å². The monoisotopic (exact) mass is 320 g/mol. The Labute approximate surface area is 94.9 Å². The van der Waals surface area contributed by atoms with Crippen LogP contribution in [-0.4, -0.2) is 32.1 Å². The van der Waals surface area contributed by atoms with E-state index in [-0.39, 0.29) is 0 Å². The van der Waals surface area contributed by atoms with Crippen LogP contribution in [0.15, 0.2) is 24.3 Å². The van der Waals surface area contributed by atoms with E-state index in [1.807, 2.05) is 38.2 Å². The summed E-state index contributed by atoms with van der Waals surface area (Å²) in [6, 6.07) is 0. The van der Waals surface area contributed by atoms with E-state index in [1.54, 1.807) is 0 Å². The van der Waals surface area contributed by atoms with Crippen molar-refractivity contribution in [3.05, 3.63) is 24.3 Å². The number of carbonyl (C=O) groups excluding carboxylic acids is 2. The predicted octanol–water partition coefficient (Wildman–Crippen LogP) is 1.93. The van der Waals surface area contributed by atoms with E-state index in [1.165, 1.54) is 0 Å². The van der Waals surface area contributed by atoms with Crippen molar-refractivity contribution in [2.75, 3.05) is 0 Å². The molecule has 0 rings (SSSR count). The summed E-state index contributed by atoms with van der Waals surface area (Å²) in [7, 11) is 0. The molecule has 0 aliphatic carbocycles. The van der Waals surface area contributed by atoms with E-state index < -0.39 is 19.2 Å². The van der Waals surface area contributed by atoms with Gasteiger partial charge in [0.25, 0.3) is 0 Å². The fraction of sp³-hybridized carbons (Fsp3) is 0.400. The molecule has 0 aliphatic rings. The molecule has 0 atom stereocenters. The maximum absolute atomic E-state index is 10.4. The Bertz CT molecular complexity index is 222. The van der Waals surface area contributed by atoms with Crippen molar-refractivity contribution in [1.29, 1.82) is 0 Å². The zero-order chi connectivity index (χ0) is 11.6.